The fraction of sp³-hybridized carbons (Fsp3) is 0.235. The second-order valence-corrected chi connectivity index (χ2v) is 4.87. The van der Waals surface area contributed by atoms with Crippen LogP contribution < -0.4 is 0 Å². The second kappa shape index (κ2) is 6.87. The summed E-state index contributed by atoms with van der Waals surface area (Å²) in [6, 6.07) is 14.1. The van der Waals surface area contributed by atoms with Gasteiger partial charge in [0.1, 0.15) is 6.61 Å². The zero-order chi connectivity index (χ0) is 14.4. The zero-order valence-electron chi connectivity index (χ0n) is 11.9. The fourth-order valence-electron chi connectivity index (χ4n) is 1.93. The van der Waals surface area contributed by atoms with Crippen LogP contribution in [0, 0.1) is 0 Å². The molecule has 2 aromatic rings. The molecule has 2 aromatic carbocycles. The molecule has 0 aromatic heterocycles. The number of carbonyl (C=O) groups is 1. The van der Waals surface area contributed by atoms with Gasteiger partial charge in [-0.25, -0.2) is 4.79 Å². The summed E-state index contributed by atoms with van der Waals surface area (Å²) in [5.41, 5.74) is 1.02. The van der Waals surface area contributed by atoms with Gasteiger partial charge in [0.15, 0.2) is 0 Å². The molecule has 0 N–H and O–H groups in total. The Hall–Kier alpha value is -2.13. The Morgan fingerprint density at radius 3 is 2.70 bits per heavy atom. The van der Waals surface area contributed by atoms with E-state index in [1.54, 1.807) is 6.08 Å². The maximum absolute atomic E-state index is 11.6. The van der Waals surface area contributed by atoms with Crippen molar-refractivity contribution in [2.75, 3.05) is 27.2 Å². The largest absolute Gasteiger partial charge is 0.461 e. The fourth-order valence-corrected chi connectivity index (χ4v) is 1.93. The number of ether oxygens (including phenoxy) is 1. The highest BCUT2D eigenvalue weighted by molar-refractivity contribution is 5.94. The lowest BCUT2D eigenvalue weighted by atomic mass is 10.0. The van der Waals surface area contributed by atoms with Crippen LogP contribution >= 0.6 is 0 Å². The van der Waals surface area contributed by atoms with E-state index in [1.807, 2.05) is 49.3 Å². The Labute approximate surface area is 119 Å². The number of esters is 1. The van der Waals surface area contributed by atoms with Crippen LogP contribution in [0.2, 0.25) is 0 Å². The van der Waals surface area contributed by atoms with E-state index in [9.17, 15) is 4.79 Å². The predicted molar refractivity (Wildman–Crippen MR) is 82.5 cm³/mol. The summed E-state index contributed by atoms with van der Waals surface area (Å²) >= 11 is 0. The molecular formula is C17H19NO2. The third kappa shape index (κ3) is 3.93. The third-order valence-electron chi connectivity index (χ3n) is 3.01. The van der Waals surface area contributed by atoms with Crippen molar-refractivity contribution in [2.24, 2.45) is 0 Å². The number of hydrogen-bond donors (Lipinski definition) is 0. The summed E-state index contributed by atoms with van der Waals surface area (Å²) in [6.07, 6.45) is 3.29. The van der Waals surface area contributed by atoms with E-state index < -0.39 is 0 Å². The average molecular weight is 269 g/mol. The summed E-state index contributed by atoms with van der Waals surface area (Å²) < 4.78 is 5.12. The predicted octanol–water partition coefficient (Wildman–Crippen LogP) is 2.96. The maximum Gasteiger partial charge on any atom is 0.330 e. The van der Waals surface area contributed by atoms with Crippen LogP contribution in [-0.4, -0.2) is 38.1 Å². The van der Waals surface area contributed by atoms with E-state index in [0.29, 0.717) is 6.61 Å². The highest BCUT2D eigenvalue weighted by Gasteiger charge is 2.00. The first-order chi connectivity index (χ1) is 9.66. The Morgan fingerprint density at radius 2 is 1.90 bits per heavy atom. The summed E-state index contributed by atoms with van der Waals surface area (Å²) in [6.45, 7) is 1.14. The molecule has 0 aliphatic heterocycles. The molecule has 3 heteroatoms. The molecule has 2 rings (SSSR count). The molecule has 20 heavy (non-hydrogen) atoms. The second-order valence-electron chi connectivity index (χ2n) is 4.87. The van der Waals surface area contributed by atoms with E-state index in [2.05, 4.69) is 12.1 Å². The molecule has 0 saturated carbocycles. The minimum absolute atomic E-state index is 0.306. The van der Waals surface area contributed by atoms with Gasteiger partial charge in [-0.15, -0.1) is 0 Å². The van der Waals surface area contributed by atoms with Crippen LogP contribution in [0.15, 0.2) is 48.5 Å². The van der Waals surface area contributed by atoms with Gasteiger partial charge in [0.25, 0.3) is 0 Å². The average Bonchev–Trinajstić information content (AvgIpc) is 2.44. The van der Waals surface area contributed by atoms with Crippen LogP contribution in [0.4, 0.5) is 0 Å². The molecule has 104 valence electrons. The van der Waals surface area contributed by atoms with Crippen LogP contribution in [0.1, 0.15) is 5.56 Å². The van der Waals surface area contributed by atoms with Gasteiger partial charge in [-0.05, 0) is 36.5 Å². The van der Waals surface area contributed by atoms with Crippen molar-refractivity contribution in [1.29, 1.82) is 0 Å². The summed E-state index contributed by atoms with van der Waals surface area (Å²) in [4.78, 5) is 13.6. The maximum atomic E-state index is 11.6. The zero-order valence-corrected chi connectivity index (χ0v) is 11.9. The minimum atomic E-state index is -0.306. The van der Waals surface area contributed by atoms with E-state index in [4.69, 9.17) is 4.74 Å². The van der Waals surface area contributed by atoms with E-state index in [1.165, 1.54) is 6.08 Å². The van der Waals surface area contributed by atoms with Gasteiger partial charge in [-0.3, -0.25) is 0 Å². The number of hydrogen-bond acceptors (Lipinski definition) is 3. The van der Waals surface area contributed by atoms with Gasteiger partial charge >= 0.3 is 5.97 Å². The standard InChI is InChI=1S/C17H19NO2/c1-18(2)12-13-20-17(19)11-10-15-8-5-7-14-6-3-4-9-16(14)15/h3-11H,12-13H2,1-2H3/b11-10+. The first-order valence-electron chi connectivity index (χ1n) is 6.64. The molecule has 0 atom stereocenters. The Morgan fingerprint density at radius 1 is 1.15 bits per heavy atom. The molecule has 0 saturated heterocycles. The van der Waals surface area contributed by atoms with Crippen molar-refractivity contribution in [1.82, 2.24) is 4.90 Å². The van der Waals surface area contributed by atoms with Gasteiger partial charge < -0.3 is 9.64 Å². The minimum Gasteiger partial charge on any atom is -0.461 e. The first kappa shape index (κ1) is 14.3. The number of nitrogens with zero attached hydrogens (tertiary/aromatic N) is 1. The van der Waals surface area contributed by atoms with Gasteiger partial charge in [0.05, 0.1) is 0 Å². The number of rotatable bonds is 5. The van der Waals surface area contributed by atoms with E-state index in [0.717, 1.165) is 22.9 Å². The molecule has 0 aliphatic carbocycles. The highest BCUT2D eigenvalue weighted by atomic mass is 16.5. The smallest absolute Gasteiger partial charge is 0.330 e. The summed E-state index contributed by atoms with van der Waals surface area (Å²) in [5.74, 6) is -0.306. The third-order valence-corrected chi connectivity index (χ3v) is 3.01. The van der Waals surface area contributed by atoms with Gasteiger partial charge in [-0.2, -0.15) is 0 Å². The molecule has 0 spiro atoms. The number of carbonyl (C=O) groups excluding carboxylic acids is 1. The van der Waals surface area contributed by atoms with Crippen LogP contribution in [0.5, 0.6) is 0 Å². The molecular weight excluding hydrogens is 250 g/mol. The van der Waals surface area contributed by atoms with Gasteiger partial charge in [0, 0.05) is 12.6 Å². The molecule has 3 nitrogen and oxygen atoms in total. The molecule has 0 unspecified atom stereocenters. The van der Waals surface area contributed by atoms with Gasteiger partial charge in [0.2, 0.25) is 0 Å². The monoisotopic (exact) mass is 269 g/mol. The van der Waals surface area contributed by atoms with E-state index >= 15 is 0 Å². The van der Waals surface area contributed by atoms with Gasteiger partial charge in [-0.1, -0.05) is 42.5 Å². The first-order valence-corrected chi connectivity index (χ1v) is 6.64. The van der Waals surface area contributed by atoms with Crippen molar-refractivity contribution in [3.8, 4) is 0 Å². The van der Waals surface area contributed by atoms with Crippen LogP contribution in [-0.2, 0) is 9.53 Å². The number of benzene rings is 2. The summed E-state index contributed by atoms with van der Waals surface area (Å²) in [5, 5.41) is 2.29. The number of likely N-dealkylation sites (N-methyl/N-ethyl adjacent to an activating group) is 1. The molecule has 0 bridgehead atoms. The van der Waals surface area contributed by atoms with Crippen molar-refractivity contribution in [3.05, 3.63) is 54.1 Å². The topological polar surface area (TPSA) is 29.5 Å². The highest BCUT2D eigenvalue weighted by Crippen LogP contribution is 2.19. The Balaban J connectivity index is 2.04. The normalized spacial score (nSPS) is 11.3. The number of fused-ring (bicyclic) bond motifs is 1. The van der Waals surface area contributed by atoms with E-state index in [-0.39, 0.29) is 5.97 Å². The van der Waals surface area contributed by atoms with Crippen molar-refractivity contribution in [2.45, 2.75) is 0 Å². The lowest BCUT2D eigenvalue weighted by Gasteiger charge is -2.08. The lowest BCUT2D eigenvalue weighted by Crippen LogP contribution is -2.19. The molecule has 0 amide bonds. The van der Waals surface area contributed by atoms with Crippen LogP contribution in [0.25, 0.3) is 16.8 Å². The molecule has 0 radical (unpaired) electrons. The Kier molecular flexibility index (Phi) is 4.91. The van der Waals surface area contributed by atoms with Crippen LogP contribution in [0.3, 0.4) is 0 Å². The SMILES string of the molecule is CN(C)CCOC(=O)/C=C/c1cccc2ccccc12. The lowest BCUT2D eigenvalue weighted by molar-refractivity contribution is -0.137. The summed E-state index contributed by atoms with van der Waals surface area (Å²) in [7, 11) is 3.89. The van der Waals surface area contributed by atoms with Crippen molar-refractivity contribution in [3.63, 3.8) is 0 Å². The molecule has 0 aliphatic rings. The Bertz CT molecular complexity index is 612. The molecule has 0 heterocycles. The van der Waals surface area contributed by atoms with Crippen molar-refractivity contribution < 1.29 is 9.53 Å². The quantitative estimate of drug-likeness (QED) is 0.617. The molecule has 0 fully saturated rings. The van der Waals surface area contributed by atoms with Crippen molar-refractivity contribution >= 4 is 22.8 Å².